The quantitative estimate of drug-likeness (QED) is 0.304. The summed E-state index contributed by atoms with van der Waals surface area (Å²) in [5.74, 6) is -0.417. The molecule has 8 heteroatoms. The number of aliphatic carboxylic acids is 1. The van der Waals surface area contributed by atoms with Gasteiger partial charge in [0.1, 0.15) is 0 Å². The Bertz CT molecular complexity index is 182. The second-order valence-electron chi connectivity index (χ2n) is 2.08. The summed E-state index contributed by atoms with van der Waals surface area (Å²) in [6, 6.07) is -0.748. The fourth-order valence-corrected chi connectivity index (χ4v) is 1.38. The Morgan fingerprint density at radius 1 is 1.64 bits per heavy atom. The van der Waals surface area contributed by atoms with Gasteiger partial charge >= 0.3 is 59.1 Å². The van der Waals surface area contributed by atoms with E-state index in [1.54, 1.807) is 11.8 Å². The summed E-state index contributed by atoms with van der Waals surface area (Å²) in [7, 11) is 0. The Hall–Kier alpha value is 1.93. The average molecular weight is 269 g/mol. The van der Waals surface area contributed by atoms with E-state index in [1.165, 1.54) is 0 Å². The van der Waals surface area contributed by atoms with Gasteiger partial charge in [0.2, 0.25) is 0 Å². The maximum atomic E-state index is 10.5. The number of thioether (sulfide) groups is 1. The van der Waals surface area contributed by atoms with Gasteiger partial charge in [-0.3, -0.25) is 0 Å². The number of carboxylic acid groups (broad SMARTS) is 1. The molecule has 0 aromatic heterocycles. The van der Waals surface area contributed by atoms with Gasteiger partial charge in [0.25, 0.3) is 0 Å². The van der Waals surface area contributed by atoms with Crippen LogP contribution in [0.15, 0.2) is 0 Å². The molecule has 3 nitrogen and oxygen atoms in total. The molecule has 1 unspecified atom stereocenters. The third-order valence-corrected chi connectivity index (χ3v) is 2.07. The SMILES string of the molecule is CSCCC(NC(=S)[S-])C(=O)[O-].[Na+].[Na+]. The van der Waals surface area contributed by atoms with Crippen molar-refractivity contribution in [2.24, 2.45) is 0 Å². The predicted molar refractivity (Wildman–Crippen MR) is 54.9 cm³/mol. The van der Waals surface area contributed by atoms with E-state index < -0.39 is 12.0 Å². The molecule has 0 rings (SSSR count). The largest absolute Gasteiger partial charge is 1.00 e. The standard InChI is InChI=1S/C6H11NO2S3.2Na/c1-12-3-2-4(5(8)9)7-6(10)11;;/h4H,2-3H2,1H3,(H,8,9)(H2,7,10,11);;/q;2*+1/p-2. The first-order valence-corrected chi connectivity index (χ1v) is 5.46. The zero-order valence-corrected chi connectivity index (χ0v) is 15.0. The molecule has 70 valence electrons. The Kier molecular flexibility index (Phi) is 19.7. The van der Waals surface area contributed by atoms with Crippen molar-refractivity contribution in [2.45, 2.75) is 12.5 Å². The summed E-state index contributed by atoms with van der Waals surface area (Å²) in [4.78, 5) is 10.5. The van der Waals surface area contributed by atoms with E-state index in [0.29, 0.717) is 6.42 Å². The van der Waals surface area contributed by atoms with Gasteiger partial charge < -0.3 is 40.1 Å². The van der Waals surface area contributed by atoms with Gasteiger partial charge in [0.05, 0.1) is 12.0 Å². The van der Waals surface area contributed by atoms with E-state index >= 15 is 0 Å². The molecule has 0 bridgehead atoms. The molecule has 0 aromatic rings. The number of carbonyl (C=O) groups excluding carboxylic acids is 1. The van der Waals surface area contributed by atoms with Gasteiger partial charge in [-0.2, -0.15) is 11.8 Å². The third-order valence-electron chi connectivity index (χ3n) is 1.19. The molecule has 1 atom stereocenters. The smallest absolute Gasteiger partial charge is 0.548 e. The molecule has 14 heavy (non-hydrogen) atoms. The third kappa shape index (κ3) is 12.0. The van der Waals surface area contributed by atoms with Gasteiger partial charge in [-0.25, -0.2) is 0 Å². The maximum Gasteiger partial charge on any atom is 1.00 e. The monoisotopic (exact) mass is 269 g/mol. The van der Waals surface area contributed by atoms with Crippen LogP contribution < -0.4 is 69.5 Å². The number of hydrogen-bond donors (Lipinski definition) is 1. The van der Waals surface area contributed by atoms with Gasteiger partial charge in [0, 0.05) is 0 Å². The molecule has 1 N–H and O–H groups in total. The first-order chi connectivity index (χ1) is 5.57. The van der Waals surface area contributed by atoms with E-state index in [2.05, 4.69) is 30.2 Å². The van der Waals surface area contributed by atoms with E-state index in [4.69, 9.17) is 0 Å². The van der Waals surface area contributed by atoms with Crippen molar-refractivity contribution in [3.05, 3.63) is 0 Å². The molecule has 0 saturated heterocycles. The summed E-state index contributed by atoms with van der Waals surface area (Å²) >= 11 is 10.7. The molecule has 0 aromatic carbocycles. The van der Waals surface area contributed by atoms with Crippen LogP contribution in [0.1, 0.15) is 6.42 Å². The number of nitrogens with one attached hydrogen (secondary N) is 1. The van der Waals surface area contributed by atoms with Crippen molar-refractivity contribution in [3.8, 4) is 0 Å². The molecular weight excluding hydrogens is 260 g/mol. The molecule has 0 aliphatic heterocycles. The molecule has 0 radical (unpaired) electrons. The van der Waals surface area contributed by atoms with E-state index in [0.717, 1.165) is 5.75 Å². The molecule has 0 fully saturated rings. The summed E-state index contributed by atoms with van der Waals surface area (Å²) < 4.78 is 0.0744. The molecule has 0 aliphatic carbocycles. The predicted octanol–water partition coefficient (Wildman–Crippen LogP) is -6.71. The summed E-state index contributed by atoms with van der Waals surface area (Å²) in [6.45, 7) is 0. The number of carbonyl (C=O) groups is 1. The van der Waals surface area contributed by atoms with Crippen molar-refractivity contribution < 1.29 is 69.0 Å². The maximum absolute atomic E-state index is 10.5. The van der Waals surface area contributed by atoms with Crippen LogP contribution in [0.25, 0.3) is 0 Å². The Morgan fingerprint density at radius 2 is 2.14 bits per heavy atom. The van der Waals surface area contributed by atoms with Crippen molar-refractivity contribution in [1.82, 2.24) is 5.32 Å². The second kappa shape index (κ2) is 13.0. The number of carboxylic acids is 1. The Morgan fingerprint density at radius 3 is 2.43 bits per heavy atom. The van der Waals surface area contributed by atoms with Gasteiger partial charge in [-0.15, -0.1) is 0 Å². The molecule has 0 saturated carbocycles. The minimum atomic E-state index is -1.16. The zero-order chi connectivity index (χ0) is 9.56. The van der Waals surface area contributed by atoms with Crippen LogP contribution in [0.2, 0.25) is 0 Å². The average Bonchev–Trinajstić information content (AvgIpc) is 1.96. The Labute approximate surface area is 144 Å². The van der Waals surface area contributed by atoms with Crippen LogP contribution >= 0.6 is 24.0 Å². The minimum Gasteiger partial charge on any atom is -0.548 e. The zero-order valence-electron chi connectivity index (χ0n) is 8.53. The minimum absolute atomic E-state index is 0. The van der Waals surface area contributed by atoms with E-state index in [9.17, 15) is 9.90 Å². The van der Waals surface area contributed by atoms with Crippen LogP contribution in [-0.4, -0.2) is 28.3 Å². The summed E-state index contributed by atoms with van der Waals surface area (Å²) in [6.07, 6.45) is 2.37. The van der Waals surface area contributed by atoms with Gasteiger partial charge in [-0.05, 0) is 18.4 Å². The van der Waals surface area contributed by atoms with Crippen molar-refractivity contribution >= 4 is 46.9 Å². The molecule has 0 spiro atoms. The number of rotatable bonds is 5. The number of hydrogen-bond acceptors (Lipinski definition) is 5. The summed E-state index contributed by atoms with van der Waals surface area (Å²) in [5.41, 5.74) is 0. The van der Waals surface area contributed by atoms with Crippen LogP contribution in [0.3, 0.4) is 0 Å². The topological polar surface area (TPSA) is 52.2 Å². The van der Waals surface area contributed by atoms with Crippen LogP contribution in [0.5, 0.6) is 0 Å². The van der Waals surface area contributed by atoms with Crippen LogP contribution in [0, 0.1) is 0 Å². The van der Waals surface area contributed by atoms with E-state index in [1.807, 2.05) is 6.26 Å². The summed E-state index contributed by atoms with van der Waals surface area (Å²) in [5, 5.41) is 12.9. The van der Waals surface area contributed by atoms with E-state index in [-0.39, 0.29) is 63.4 Å². The van der Waals surface area contributed by atoms with Crippen molar-refractivity contribution in [3.63, 3.8) is 0 Å². The first kappa shape index (κ1) is 21.2. The van der Waals surface area contributed by atoms with Crippen molar-refractivity contribution in [2.75, 3.05) is 12.0 Å². The normalized spacial score (nSPS) is 10.4. The molecular formula is C6H9NNa2O2S3. The van der Waals surface area contributed by atoms with Gasteiger partial charge in [-0.1, -0.05) is 4.32 Å². The second-order valence-corrected chi connectivity index (χ2v) is 4.15. The first-order valence-electron chi connectivity index (χ1n) is 3.25. The Balaban J connectivity index is -0.000000605. The molecule has 0 aliphatic rings. The fourth-order valence-electron chi connectivity index (χ4n) is 0.627. The molecule has 0 amide bonds. The van der Waals surface area contributed by atoms with Crippen LogP contribution in [-0.2, 0) is 17.4 Å². The fraction of sp³-hybridized carbons (Fsp3) is 0.667. The van der Waals surface area contributed by atoms with Crippen LogP contribution in [0.4, 0.5) is 0 Å². The number of thiocarbonyl (C=S) groups is 1. The molecule has 0 heterocycles. The van der Waals surface area contributed by atoms with Gasteiger partial charge in [0.15, 0.2) is 0 Å². The van der Waals surface area contributed by atoms with Crippen molar-refractivity contribution in [1.29, 1.82) is 0 Å².